The first-order chi connectivity index (χ1) is 8.82. The lowest BCUT2D eigenvalue weighted by atomic mass is 10.4. The van der Waals surface area contributed by atoms with E-state index in [0.29, 0.717) is 4.47 Å². The summed E-state index contributed by atoms with van der Waals surface area (Å²) in [5, 5.41) is 8.83. The van der Waals surface area contributed by atoms with Crippen LogP contribution in [0, 0.1) is 0 Å². The Kier molecular flexibility index (Phi) is 3.66. The summed E-state index contributed by atoms with van der Waals surface area (Å²) in [4.78, 5) is 10.6. The largest absolute Gasteiger partial charge is 0.477 e. The minimum atomic E-state index is -3.81. The molecule has 0 aliphatic heterocycles. The highest BCUT2D eigenvalue weighted by atomic mass is 79.9. The molecule has 0 radical (unpaired) electrons. The van der Waals surface area contributed by atoms with Gasteiger partial charge in [-0.15, -0.1) is 11.3 Å². The van der Waals surface area contributed by atoms with Crippen molar-refractivity contribution in [2.45, 2.75) is 9.79 Å². The van der Waals surface area contributed by atoms with Crippen LogP contribution >= 0.6 is 27.3 Å². The Labute approximate surface area is 121 Å². The van der Waals surface area contributed by atoms with Crippen LogP contribution in [-0.4, -0.2) is 19.5 Å². The third-order valence-electron chi connectivity index (χ3n) is 2.33. The average Bonchev–Trinajstić information content (AvgIpc) is 2.72. The summed E-state index contributed by atoms with van der Waals surface area (Å²) in [5.41, 5.74) is 5.60. The molecule has 0 atom stereocenters. The topological polar surface area (TPSA) is 97.5 Å². The molecule has 5 nitrogen and oxygen atoms in total. The van der Waals surface area contributed by atoms with Gasteiger partial charge >= 0.3 is 5.97 Å². The van der Waals surface area contributed by atoms with Crippen LogP contribution in [0.4, 0.5) is 5.00 Å². The van der Waals surface area contributed by atoms with Crippen molar-refractivity contribution in [3.05, 3.63) is 39.7 Å². The lowest BCUT2D eigenvalue weighted by molar-refractivity contribution is 0.0702. The summed E-state index contributed by atoms with van der Waals surface area (Å²) >= 11 is 3.92. The first-order valence-corrected chi connectivity index (χ1v) is 8.05. The highest BCUT2D eigenvalue weighted by molar-refractivity contribution is 9.10. The van der Waals surface area contributed by atoms with Gasteiger partial charge in [0.2, 0.25) is 9.84 Å². The van der Waals surface area contributed by atoms with E-state index >= 15 is 0 Å². The zero-order chi connectivity index (χ0) is 14.2. The van der Waals surface area contributed by atoms with Crippen LogP contribution in [0.5, 0.6) is 0 Å². The number of halogens is 1. The van der Waals surface area contributed by atoms with Crippen molar-refractivity contribution in [3.8, 4) is 0 Å². The molecular formula is C11H8BrNO4S2. The molecule has 0 spiro atoms. The van der Waals surface area contributed by atoms with Gasteiger partial charge in [-0.25, -0.2) is 13.2 Å². The van der Waals surface area contributed by atoms with E-state index in [1.807, 2.05) is 0 Å². The molecule has 1 aromatic heterocycles. The van der Waals surface area contributed by atoms with Gasteiger partial charge in [0.25, 0.3) is 0 Å². The quantitative estimate of drug-likeness (QED) is 0.875. The van der Waals surface area contributed by atoms with E-state index in [-0.39, 0.29) is 19.7 Å². The zero-order valence-corrected chi connectivity index (χ0v) is 12.5. The predicted molar refractivity (Wildman–Crippen MR) is 75.3 cm³/mol. The smallest absolute Gasteiger partial charge is 0.345 e. The van der Waals surface area contributed by atoms with Crippen molar-refractivity contribution >= 4 is 48.1 Å². The molecule has 0 saturated heterocycles. The highest BCUT2D eigenvalue weighted by Crippen LogP contribution is 2.33. The molecule has 8 heteroatoms. The van der Waals surface area contributed by atoms with Crippen LogP contribution in [-0.2, 0) is 9.84 Å². The molecule has 0 unspecified atom stereocenters. The Morgan fingerprint density at radius 2 is 2.00 bits per heavy atom. The number of nitrogens with two attached hydrogens (primary N) is 1. The number of anilines is 1. The molecule has 0 saturated carbocycles. The van der Waals surface area contributed by atoms with Crippen molar-refractivity contribution in [1.29, 1.82) is 0 Å². The van der Waals surface area contributed by atoms with E-state index in [2.05, 4.69) is 15.9 Å². The molecule has 100 valence electrons. The Morgan fingerprint density at radius 3 is 2.53 bits per heavy atom. The Hall–Kier alpha value is -1.38. The third-order valence-corrected chi connectivity index (χ3v) is 5.70. The van der Waals surface area contributed by atoms with Gasteiger partial charge in [0.05, 0.1) is 4.90 Å². The van der Waals surface area contributed by atoms with E-state index in [1.165, 1.54) is 12.1 Å². The minimum Gasteiger partial charge on any atom is -0.477 e. The maximum Gasteiger partial charge on any atom is 0.345 e. The van der Waals surface area contributed by atoms with Gasteiger partial charge in [0, 0.05) is 4.47 Å². The Bertz CT molecular complexity index is 752. The number of thiophene rings is 1. The zero-order valence-electron chi connectivity index (χ0n) is 9.33. The van der Waals surface area contributed by atoms with Gasteiger partial charge in [-0.1, -0.05) is 22.0 Å². The number of nitrogen functional groups attached to an aromatic ring is 1. The third kappa shape index (κ3) is 2.65. The molecule has 19 heavy (non-hydrogen) atoms. The number of hydrogen-bond donors (Lipinski definition) is 2. The lowest BCUT2D eigenvalue weighted by Crippen LogP contribution is -2.03. The molecule has 1 aromatic carbocycles. The van der Waals surface area contributed by atoms with E-state index in [0.717, 1.165) is 17.4 Å². The molecule has 0 aliphatic carbocycles. The van der Waals surface area contributed by atoms with Crippen LogP contribution in [0.25, 0.3) is 0 Å². The fourth-order valence-electron chi connectivity index (χ4n) is 1.46. The second kappa shape index (κ2) is 4.95. The molecule has 0 aliphatic rings. The summed E-state index contributed by atoms with van der Waals surface area (Å²) in [6.45, 7) is 0. The van der Waals surface area contributed by atoms with E-state index in [4.69, 9.17) is 10.8 Å². The van der Waals surface area contributed by atoms with Gasteiger partial charge in [0.15, 0.2) is 0 Å². The fraction of sp³-hybridized carbons (Fsp3) is 0. The Morgan fingerprint density at radius 1 is 1.32 bits per heavy atom. The summed E-state index contributed by atoms with van der Waals surface area (Å²) in [6.07, 6.45) is 0. The lowest BCUT2D eigenvalue weighted by Gasteiger charge is -2.03. The molecular weight excluding hydrogens is 354 g/mol. The van der Waals surface area contributed by atoms with Gasteiger partial charge < -0.3 is 10.8 Å². The van der Waals surface area contributed by atoms with Crippen molar-refractivity contribution in [2.24, 2.45) is 0 Å². The molecule has 2 aromatic rings. The van der Waals surface area contributed by atoms with Gasteiger partial charge in [-0.3, -0.25) is 0 Å². The molecule has 0 bridgehead atoms. The molecule has 1 heterocycles. The van der Waals surface area contributed by atoms with Gasteiger partial charge in [0.1, 0.15) is 14.8 Å². The van der Waals surface area contributed by atoms with Crippen molar-refractivity contribution < 1.29 is 18.3 Å². The summed E-state index contributed by atoms with van der Waals surface area (Å²) in [6, 6.07) is 7.22. The van der Waals surface area contributed by atoms with Crippen molar-refractivity contribution in [3.63, 3.8) is 0 Å². The number of carboxylic acid groups (broad SMARTS) is 1. The van der Waals surface area contributed by atoms with E-state index in [1.54, 1.807) is 12.1 Å². The van der Waals surface area contributed by atoms with Gasteiger partial charge in [-0.05, 0) is 24.3 Å². The monoisotopic (exact) mass is 361 g/mol. The van der Waals surface area contributed by atoms with E-state index < -0.39 is 15.8 Å². The molecule has 3 N–H and O–H groups in total. The highest BCUT2D eigenvalue weighted by Gasteiger charge is 2.25. The number of aromatic carboxylic acids is 1. The fourth-order valence-corrected chi connectivity index (χ4v) is 4.54. The summed E-state index contributed by atoms with van der Waals surface area (Å²) in [7, 11) is -3.81. The van der Waals surface area contributed by atoms with Crippen LogP contribution in [0.1, 0.15) is 9.67 Å². The maximum atomic E-state index is 12.4. The number of carboxylic acids is 1. The standard InChI is InChI=1S/C11H8BrNO4S2/c12-6-2-1-3-7(4-6)19(16,17)9-5-8(11(14)15)18-10(9)13/h1-5H,13H2,(H,14,15). The van der Waals surface area contributed by atoms with Crippen molar-refractivity contribution in [1.82, 2.24) is 0 Å². The first-order valence-electron chi connectivity index (χ1n) is 4.95. The first kappa shape index (κ1) is 14.0. The normalized spacial score (nSPS) is 11.4. The number of rotatable bonds is 3. The summed E-state index contributed by atoms with van der Waals surface area (Å²) < 4.78 is 25.3. The van der Waals surface area contributed by atoms with Crippen molar-refractivity contribution in [2.75, 3.05) is 5.73 Å². The molecule has 2 rings (SSSR count). The summed E-state index contributed by atoms with van der Waals surface area (Å²) in [5.74, 6) is -1.20. The maximum absolute atomic E-state index is 12.4. The van der Waals surface area contributed by atoms with Crippen LogP contribution in [0.3, 0.4) is 0 Å². The Balaban J connectivity index is 2.60. The second-order valence-corrected chi connectivity index (χ2v) is 7.52. The number of sulfone groups is 1. The van der Waals surface area contributed by atoms with Gasteiger partial charge in [-0.2, -0.15) is 0 Å². The number of hydrogen-bond acceptors (Lipinski definition) is 5. The SMILES string of the molecule is Nc1sc(C(=O)O)cc1S(=O)(=O)c1cccc(Br)c1. The molecule has 0 fully saturated rings. The second-order valence-electron chi connectivity index (χ2n) is 3.61. The number of benzene rings is 1. The van der Waals surface area contributed by atoms with E-state index in [9.17, 15) is 13.2 Å². The minimum absolute atomic E-state index is 0.0302. The van der Waals surface area contributed by atoms with Crippen LogP contribution < -0.4 is 5.73 Å². The number of carbonyl (C=O) groups is 1. The van der Waals surface area contributed by atoms with Crippen LogP contribution in [0.2, 0.25) is 0 Å². The van der Waals surface area contributed by atoms with Crippen LogP contribution in [0.15, 0.2) is 44.6 Å². The molecule has 0 amide bonds. The predicted octanol–water partition coefficient (Wildman–Crippen LogP) is 2.62. The average molecular weight is 362 g/mol.